The van der Waals surface area contributed by atoms with Crippen LogP contribution in [0.4, 0.5) is 0 Å². The molecule has 0 spiro atoms. The van der Waals surface area contributed by atoms with Crippen LogP contribution in [-0.4, -0.2) is 25.2 Å². The zero-order valence-corrected chi connectivity index (χ0v) is 9.26. The molecule has 1 atom stereocenters. The second-order valence-corrected chi connectivity index (χ2v) is 3.77. The van der Waals surface area contributed by atoms with Gasteiger partial charge in [0.1, 0.15) is 5.92 Å². The van der Waals surface area contributed by atoms with Crippen molar-refractivity contribution in [3.63, 3.8) is 0 Å². The van der Waals surface area contributed by atoms with Gasteiger partial charge in [-0.05, 0) is 20.3 Å². The minimum absolute atomic E-state index is 0.222. The van der Waals surface area contributed by atoms with Crippen LogP contribution in [0.15, 0.2) is 0 Å². The van der Waals surface area contributed by atoms with Crippen LogP contribution in [0.25, 0.3) is 0 Å². The van der Waals surface area contributed by atoms with Crippen LogP contribution in [0.5, 0.6) is 0 Å². The summed E-state index contributed by atoms with van der Waals surface area (Å²) in [7, 11) is 1.59. The van der Waals surface area contributed by atoms with E-state index in [4.69, 9.17) is 10.00 Å². The van der Waals surface area contributed by atoms with Gasteiger partial charge in [0.2, 0.25) is 5.91 Å². The van der Waals surface area contributed by atoms with Crippen LogP contribution in [0, 0.1) is 17.2 Å². The summed E-state index contributed by atoms with van der Waals surface area (Å²) in [6.07, 6.45) is 0.537. The molecule has 1 amide bonds. The average Bonchev–Trinajstić information content (AvgIpc) is 2.17. The summed E-state index contributed by atoms with van der Waals surface area (Å²) in [5, 5.41) is 11.3. The van der Waals surface area contributed by atoms with Crippen molar-refractivity contribution < 1.29 is 9.53 Å². The fourth-order valence-corrected chi connectivity index (χ4v) is 0.831. The van der Waals surface area contributed by atoms with E-state index in [0.717, 1.165) is 0 Å². The molecule has 0 aliphatic carbocycles. The van der Waals surface area contributed by atoms with Crippen molar-refractivity contribution in [3.05, 3.63) is 0 Å². The highest BCUT2D eigenvalue weighted by Crippen LogP contribution is 2.06. The van der Waals surface area contributed by atoms with Gasteiger partial charge in [0.25, 0.3) is 0 Å². The van der Waals surface area contributed by atoms with E-state index in [2.05, 4.69) is 5.32 Å². The number of nitriles is 1. The molecular weight excluding hydrogens is 180 g/mol. The fourth-order valence-electron chi connectivity index (χ4n) is 0.831. The third-order valence-corrected chi connectivity index (χ3v) is 2.12. The van der Waals surface area contributed by atoms with Gasteiger partial charge >= 0.3 is 0 Å². The number of hydrogen-bond acceptors (Lipinski definition) is 3. The van der Waals surface area contributed by atoms with Crippen LogP contribution < -0.4 is 5.32 Å². The molecule has 0 aliphatic heterocycles. The summed E-state index contributed by atoms with van der Waals surface area (Å²) in [4.78, 5) is 11.4. The molecule has 1 unspecified atom stereocenters. The predicted octanol–water partition coefficient (Wildman–Crippen LogP) is 1.08. The van der Waals surface area contributed by atoms with E-state index < -0.39 is 5.92 Å². The third-order valence-electron chi connectivity index (χ3n) is 2.12. The van der Waals surface area contributed by atoms with E-state index in [1.54, 1.807) is 7.11 Å². The topological polar surface area (TPSA) is 62.1 Å². The Balaban J connectivity index is 4.03. The number of nitrogens with zero attached hydrogens (tertiary/aromatic N) is 1. The fraction of sp³-hybridized carbons (Fsp3) is 0.800. The maximum absolute atomic E-state index is 11.4. The van der Waals surface area contributed by atoms with Crippen molar-refractivity contribution in [3.8, 4) is 6.07 Å². The van der Waals surface area contributed by atoms with Crippen LogP contribution in [0.3, 0.4) is 0 Å². The molecule has 4 nitrogen and oxygen atoms in total. The molecule has 0 aromatic rings. The summed E-state index contributed by atoms with van der Waals surface area (Å²) in [5.74, 6) is -0.775. The van der Waals surface area contributed by atoms with Gasteiger partial charge in [0.05, 0.1) is 11.7 Å². The Morgan fingerprint density at radius 2 is 2.21 bits per heavy atom. The van der Waals surface area contributed by atoms with Gasteiger partial charge in [-0.25, -0.2) is 0 Å². The van der Waals surface area contributed by atoms with Gasteiger partial charge in [-0.1, -0.05) is 6.92 Å². The van der Waals surface area contributed by atoms with Crippen LogP contribution in [-0.2, 0) is 9.53 Å². The summed E-state index contributed by atoms with van der Waals surface area (Å²) >= 11 is 0. The quantitative estimate of drug-likeness (QED) is 0.719. The van der Waals surface area contributed by atoms with Crippen LogP contribution in [0.1, 0.15) is 27.2 Å². The molecule has 0 aromatic heterocycles. The smallest absolute Gasteiger partial charge is 0.237 e. The lowest BCUT2D eigenvalue weighted by atomic mass is 10.1. The molecule has 4 heteroatoms. The Kier molecular flexibility index (Phi) is 5.18. The molecule has 80 valence electrons. The van der Waals surface area contributed by atoms with Gasteiger partial charge in [0.15, 0.2) is 0 Å². The first-order valence-electron chi connectivity index (χ1n) is 4.69. The van der Waals surface area contributed by atoms with Crippen molar-refractivity contribution in [2.45, 2.75) is 32.8 Å². The second kappa shape index (κ2) is 5.61. The van der Waals surface area contributed by atoms with Gasteiger partial charge < -0.3 is 10.1 Å². The molecular formula is C10H18N2O2. The number of amides is 1. The SMILES string of the molecule is CCC(C#N)C(=O)NCC(C)(C)OC. The summed E-state index contributed by atoms with van der Waals surface area (Å²) in [6.45, 7) is 5.98. The second-order valence-electron chi connectivity index (χ2n) is 3.77. The van der Waals surface area contributed by atoms with Gasteiger partial charge in [-0.15, -0.1) is 0 Å². The standard InChI is InChI=1S/C10H18N2O2/c1-5-8(6-11)9(13)12-7-10(2,3)14-4/h8H,5,7H2,1-4H3,(H,12,13). The number of hydrogen-bond donors (Lipinski definition) is 1. The van der Waals surface area contributed by atoms with Crippen LogP contribution in [0.2, 0.25) is 0 Å². The Morgan fingerprint density at radius 3 is 2.57 bits per heavy atom. The number of ether oxygens (including phenoxy) is 1. The molecule has 0 aromatic carbocycles. The Labute approximate surface area is 85.2 Å². The molecule has 0 rings (SSSR count). The zero-order valence-electron chi connectivity index (χ0n) is 9.26. The van der Waals surface area contributed by atoms with E-state index in [9.17, 15) is 4.79 Å². The van der Waals surface area contributed by atoms with E-state index in [0.29, 0.717) is 13.0 Å². The molecule has 0 saturated carbocycles. The Morgan fingerprint density at radius 1 is 1.64 bits per heavy atom. The molecule has 0 radical (unpaired) electrons. The monoisotopic (exact) mass is 198 g/mol. The molecule has 14 heavy (non-hydrogen) atoms. The van der Waals surface area contributed by atoms with Gasteiger partial charge in [-0.2, -0.15) is 5.26 Å². The highest BCUT2D eigenvalue weighted by molar-refractivity contribution is 5.80. The zero-order chi connectivity index (χ0) is 11.2. The summed E-state index contributed by atoms with van der Waals surface area (Å²) < 4.78 is 5.14. The first kappa shape index (κ1) is 12.9. The first-order chi connectivity index (χ1) is 6.46. The van der Waals surface area contributed by atoms with E-state index in [-0.39, 0.29) is 11.5 Å². The number of rotatable bonds is 5. The maximum Gasteiger partial charge on any atom is 0.237 e. The van der Waals surface area contributed by atoms with Crippen LogP contribution >= 0.6 is 0 Å². The van der Waals surface area contributed by atoms with E-state index in [1.807, 2.05) is 26.8 Å². The predicted molar refractivity (Wildman–Crippen MR) is 53.5 cm³/mol. The summed E-state index contributed by atoms with van der Waals surface area (Å²) in [6, 6.07) is 1.95. The number of nitrogens with one attached hydrogen (secondary N) is 1. The third kappa shape index (κ3) is 4.24. The maximum atomic E-state index is 11.4. The lowest BCUT2D eigenvalue weighted by Gasteiger charge is -2.23. The minimum atomic E-state index is -0.553. The molecule has 0 fully saturated rings. The van der Waals surface area contributed by atoms with Crippen molar-refractivity contribution in [1.29, 1.82) is 5.26 Å². The number of methoxy groups -OCH3 is 1. The summed E-state index contributed by atoms with van der Waals surface area (Å²) in [5.41, 5.74) is -0.386. The number of carbonyl (C=O) groups excluding carboxylic acids is 1. The van der Waals surface area contributed by atoms with Gasteiger partial charge in [0, 0.05) is 13.7 Å². The van der Waals surface area contributed by atoms with E-state index in [1.165, 1.54) is 0 Å². The largest absolute Gasteiger partial charge is 0.377 e. The Hall–Kier alpha value is -1.08. The highest BCUT2D eigenvalue weighted by atomic mass is 16.5. The number of carbonyl (C=O) groups is 1. The molecule has 0 aliphatic rings. The lowest BCUT2D eigenvalue weighted by molar-refractivity contribution is -0.124. The van der Waals surface area contributed by atoms with Crippen molar-refractivity contribution in [1.82, 2.24) is 5.32 Å². The lowest BCUT2D eigenvalue weighted by Crippen LogP contribution is -2.41. The molecule has 0 bridgehead atoms. The highest BCUT2D eigenvalue weighted by Gasteiger charge is 2.20. The average molecular weight is 198 g/mol. The van der Waals surface area contributed by atoms with Crippen molar-refractivity contribution >= 4 is 5.91 Å². The molecule has 0 saturated heterocycles. The van der Waals surface area contributed by atoms with Gasteiger partial charge in [-0.3, -0.25) is 4.79 Å². The van der Waals surface area contributed by atoms with E-state index >= 15 is 0 Å². The molecule has 0 heterocycles. The normalized spacial score (nSPS) is 13.1. The minimum Gasteiger partial charge on any atom is -0.377 e. The van der Waals surface area contributed by atoms with Crippen molar-refractivity contribution in [2.75, 3.05) is 13.7 Å². The van der Waals surface area contributed by atoms with Crippen molar-refractivity contribution in [2.24, 2.45) is 5.92 Å². The first-order valence-corrected chi connectivity index (χ1v) is 4.69. The Bertz CT molecular complexity index is 231. The molecule has 1 N–H and O–H groups in total.